The number of halogens is 1. The molecule has 0 aliphatic rings. The summed E-state index contributed by atoms with van der Waals surface area (Å²) in [6.45, 7) is 8.67. The Kier molecular flexibility index (Phi) is 5.25. The molecule has 2 aromatic carbocycles. The van der Waals surface area contributed by atoms with E-state index in [1.165, 1.54) is 12.1 Å². The topological polar surface area (TPSA) is 76.9 Å². The SMILES string of the molecule is CCn1cnnc1-c1ccc(F)cc1NS(=O)(=O)c1ccc(C(C)(C)C)cc1. The van der Waals surface area contributed by atoms with E-state index in [1.807, 2.05) is 6.92 Å². The lowest BCUT2D eigenvalue weighted by Gasteiger charge is -2.19. The van der Waals surface area contributed by atoms with Crippen LogP contribution in [0.15, 0.2) is 53.7 Å². The third-order valence-corrected chi connectivity index (χ3v) is 5.84. The average Bonchev–Trinajstić information content (AvgIpc) is 3.09. The van der Waals surface area contributed by atoms with E-state index in [1.54, 1.807) is 35.2 Å². The van der Waals surface area contributed by atoms with Crippen molar-refractivity contribution in [2.45, 2.75) is 44.6 Å². The molecular formula is C20H23FN4O2S. The molecule has 1 heterocycles. The van der Waals surface area contributed by atoms with Crippen molar-refractivity contribution < 1.29 is 12.8 Å². The Morgan fingerprint density at radius 3 is 2.39 bits per heavy atom. The van der Waals surface area contributed by atoms with Crippen molar-refractivity contribution in [3.05, 3.63) is 60.2 Å². The zero-order valence-electron chi connectivity index (χ0n) is 16.3. The molecule has 0 unspecified atom stereocenters. The van der Waals surface area contributed by atoms with E-state index in [4.69, 9.17) is 0 Å². The molecule has 0 spiro atoms. The molecule has 0 bridgehead atoms. The van der Waals surface area contributed by atoms with Crippen LogP contribution in [-0.4, -0.2) is 23.2 Å². The molecular weight excluding hydrogens is 379 g/mol. The highest BCUT2D eigenvalue weighted by Crippen LogP contribution is 2.30. The number of rotatable bonds is 5. The standard InChI is InChI=1S/C20H23FN4O2S/c1-5-25-13-22-23-19(25)17-11-8-15(21)12-18(17)24-28(26,27)16-9-6-14(7-10-16)20(2,3)4/h6-13,24H,5H2,1-4H3. The van der Waals surface area contributed by atoms with Gasteiger partial charge in [0, 0.05) is 12.1 Å². The summed E-state index contributed by atoms with van der Waals surface area (Å²) >= 11 is 0. The molecule has 8 heteroatoms. The quantitative estimate of drug-likeness (QED) is 0.694. The summed E-state index contributed by atoms with van der Waals surface area (Å²) in [6.07, 6.45) is 1.54. The number of nitrogens with one attached hydrogen (secondary N) is 1. The van der Waals surface area contributed by atoms with Gasteiger partial charge in [0.05, 0.1) is 10.6 Å². The minimum Gasteiger partial charge on any atom is -0.314 e. The van der Waals surface area contributed by atoms with E-state index >= 15 is 0 Å². The van der Waals surface area contributed by atoms with E-state index in [-0.39, 0.29) is 16.0 Å². The molecule has 3 rings (SSSR count). The fourth-order valence-electron chi connectivity index (χ4n) is 2.83. The van der Waals surface area contributed by atoms with Crippen molar-refractivity contribution in [1.29, 1.82) is 0 Å². The van der Waals surface area contributed by atoms with Crippen LogP contribution in [0.5, 0.6) is 0 Å². The van der Waals surface area contributed by atoms with Crippen LogP contribution in [0.25, 0.3) is 11.4 Å². The van der Waals surface area contributed by atoms with E-state index in [0.717, 1.165) is 11.6 Å². The number of aromatic nitrogens is 3. The molecule has 0 aliphatic carbocycles. The zero-order chi connectivity index (χ0) is 20.5. The normalized spacial score (nSPS) is 12.2. The van der Waals surface area contributed by atoms with Crippen LogP contribution in [0.2, 0.25) is 0 Å². The smallest absolute Gasteiger partial charge is 0.261 e. The second kappa shape index (κ2) is 7.35. The number of nitrogens with zero attached hydrogens (tertiary/aromatic N) is 3. The van der Waals surface area contributed by atoms with Gasteiger partial charge in [-0.1, -0.05) is 32.9 Å². The molecule has 1 N–H and O–H groups in total. The maximum Gasteiger partial charge on any atom is 0.261 e. The summed E-state index contributed by atoms with van der Waals surface area (Å²) in [4.78, 5) is 0.104. The number of sulfonamides is 1. The summed E-state index contributed by atoms with van der Waals surface area (Å²) in [5.74, 6) is -0.0876. The van der Waals surface area contributed by atoms with Crippen molar-refractivity contribution in [2.75, 3.05) is 4.72 Å². The van der Waals surface area contributed by atoms with Crippen molar-refractivity contribution in [3.8, 4) is 11.4 Å². The Hall–Kier alpha value is -2.74. The predicted octanol–water partition coefficient (Wildman–Crippen LogP) is 4.20. The number of aryl methyl sites for hydroxylation is 1. The summed E-state index contributed by atoms with van der Waals surface area (Å²) in [5.41, 5.74) is 1.50. The Bertz CT molecular complexity index is 1080. The highest BCUT2D eigenvalue weighted by Gasteiger charge is 2.21. The van der Waals surface area contributed by atoms with Gasteiger partial charge >= 0.3 is 0 Å². The largest absolute Gasteiger partial charge is 0.314 e. The number of benzene rings is 2. The molecule has 0 saturated carbocycles. The van der Waals surface area contributed by atoms with Crippen molar-refractivity contribution >= 4 is 15.7 Å². The van der Waals surface area contributed by atoms with Gasteiger partial charge in [-0.25, -0.2) is 12.8 Å². The maximum atomic E-state index is 13.9. The first-order chi connectivity index (χ1) is 13.1. The second-order valence-corrected chi connectivity index (χ2v) is 9.19. The highest BCUT2D eigenvalue weighted by atomic mass is 32.2. The van der Waals surface area contributed by atoms with Crippen LogP contribution in [0.4, 0.5) is 10.1 Å². The van der Waals surface area contributed by atoms with Crippen LogP contribution in [0.3, 0.4) is 0 Å². The van der Waals surface area contributed by atoms with Crippen molar-refractivity contribution in [1.82, 2.24) is 14.8 Å². The van der Waals surface area contributed by atoms with Crippen LogP contribution < -0.4 is 4.72 Å². The lowest BCUT2D eigenvalue weighted by atomic mass is 9.87. The van der Waals surface area contributed by atoms with Gasteiger partial charge in [-0.05, 0) is 48.2 Å². The fourth-order valence-corrected chi connectivity index (χ4v) is 3.90. The Morgan fingerprint density at radius 1 is 1.11 bits per heavy atom. The number of hydrogen-bond donors (Lipinski definition) is 1. The minimum atomic E-state index is -3.90. The highest BCUT2D eigenvalue weighted by molar-refractivity contribution is 7.92. The number of anilines is 1. The van der Waals surface area contributed by atoms with E-state index in [9.17, 15) is 12.8 Å². The molecule has 0 amide bonds. The molecule has 0 radical (unpaired) electrons. The summed E-state index contributed by atoms with van der Waals surface area (Å²) in [7, 11) is -3.90. The van der Waals surface area contributed by atoms with Crippen molar-refractivity contribution in [3.63, 3.8) is 0 Å². The van der Waals surface area contributed by atoms with E-state index in [0.29, 0.717) is 17.9 Å². The van der Waals surface area contributed by atoms with Gasteiger partial charge < -0.3 is 4.57 Å². The summed E-state index contributed by atoms with van der Waals surface area (Å²) in [6, 6.07) is 10.6. The van der Waals surface area contributed by atoms with Crippen LogP contribution in [0, 0.1) is 5.82 Å². The van der Waals surface area contributed by atoms with E-state index < -0.39 is 15.8 Å². The lowest BCUT2D eigenvalue weighted by Crippen LogP contribution is -2.15. The van der Waals surface area contributed by atoms with E-state index in [2.05, 4.69) is 35.7 Å². The molecule has 148 valence electrons. The molecule has 28 heavy (non-hydrogen) atoms. The predicted molar refractivity (Wildman–Crippen MR) is 107 cm³/mol. The van der Waals surface area contributed by atoms with Gasteiger partial charge in [0.15, 0.2) is 5.82 Å². The van der Waals surface area contributed by atoms with Crippen LogP contribution >= 0.6 is 0 Å². The maximum absolute atomic E-state index is 13.9. The van der Waals surface area contributed by atoms with Gasteiger partial charge in [0.1, 0.15) is 12.1 Å². The Labute approximate surface area is 164 Å². The fraction of sp³-hybridized carbons (Fsp3) is 0.300. The van der Waals surface area contributed by atoms with Gasteiger partial charge in [-0.2, -0.15) is 0 Å². The first-order valence-corrected chi connectivity index (χ1v) is 10.4. The molecule has 0 aliphatic heterocycles. The first kappa shape index (κ1) is 20.0. The molecule has 0 saturated heterocycles. The van der Waals surface area contributed by atoms with Gasteiger partial charge in [-0.3, -0.25) is 4.72 Å². The van der Waals surface area contributed by atoms with Gasteiger partial charge in [-0.15, -0.1) is 10.2 Å². The minimum absolute atomic E-state index is 0.0876. The van der Waals surface area contributed by atoms with Gasteiger partial charge in [0.25, 0.3) is 10.0 Å². The van der Waals surface area contributed by atoms with Gasteiger partial charge in [0.2, 0.25) is 0 Å². The summed E-state index contributed by atoms with van der Waals surface area (Å²) < 4.78 is 43.8. The molecule has 0 fully saturated rings. The number of hydrogen-bond acceptors (Lipinski definition) is 4. The molecule has 0 atom stereocenters. The second-order valence-electron chi connectivity index (χ2n) is 7.51. The third-order valence-electron chi connectivity index (χ3n) is 4.45. The third kappa shape index (κ3) is 4.06. The van der Waals surface area contributed by atoms with Crippen LogP contribution in [-0.2, 0) is 22.0 Å². The lowest BCUT2D eigenvalue weighted by molar-refractivity contribution is 0.587. The zero-order valence-corrected chi connectivity index (χ0v) is 17.1. The monoisotopic (exact) mass is 402 g/mol. The van der Waals surface area contributed by atoms with Crippen molar-refractivity contribution in [2.24, 2.45) is 0 Å². The Balaban J connectivity index is 2.00. The Morgan fingerprint density at radius 2 is 1.79 bits per heavy atom. The molecule has 6 nitrogen and oxygen atoms in total. The van der Waals surface area contributed by atoms with Crippen LogP contribution in [0.1, 0.15) is 33.3 Å². The summed E-state index contributed by atoms with van der Waals surface area (Å²) in [5, 5.41) is 7.91. The molecule has 3 aromatic rings. The molecule has 1 aromatic heterocycles. The average molecular weight is 402 g/mol. The first-order valence-electron chi connectivity index (χ1n) is 8.93.